The highest BCUT2D eigenvalue weighted by Crippen LogP contribution is 2.27. The molecule has 0 fully saturated rings. The van der Waals surface area contributed by atoms with Crippen molar-refractivity contribution in [3.8, 4) is 5.75 Å². The lowest BCUT2D eigenvalue weighted by molar-refractivity contribution is -0.166. The van der Waals surface area contributed by atoms with Gasteiger partial charge in [-0.15, -0.1) is 0 Å². The van der Waals surface area contributed by atoms with E-state index in [0.29, 0.717) is 26.1 Å². The number of nitrogens with zero attached hydrogens (tertiary/aromatic N) is 1. The molecule has 29 heavy (non-hydrogen) atoms. The zero-order chi connectivity index (χ0) is 20.7. The van der Waals surface area contributed by atoms with Crippen molar-refractivity contribution in [2.45, 2.75) is 45.1 Å². The average molecular weight is 398 g/mol. The Morgan fingerprint density at radius 2 is 1.90 bits per heavy atom. The van der Waals surface area contributed by atoms with Crippen LogP contribution in [-0.4, -0.2) is 43.0 Å². The average Bonchev–Trinajstić information content (AvgIpc) is 2.74. The minimum Gasteiger partial charge on any atom is -0.492 e. The van der Waals surface area contributed by atoms with E-state index in [1.54, 1.807) is 0 Å². The van der Waals surface area contributed by atoms with Gasteiger partial charge in [0, 0.05) is 25.3 Å². The van der Waals surface area contributed by atoms with Crippen molar-refractivity contribution >= 4 is 11.7 Å². The van der Waals surface area contributed by atoms with E-state index in [-0.39, 0.29) is 0 Å². The van der Waals surface area contributed by atoms with Crippen LogP contribution < -0.4 is 9.64 Å². The van der Waals surface area contributed by atoms with E-state index in [1.165, 1.54) is 17.7 Å². The molecule has 1 aliphatic heterocycles. The predicted octanol–water partition coefficient (Wildman–Crippen LogP) is 4.33. The SMILES string of the molecule is CCO[C@](CC)(Cc1ccc(OCCN2CCCc3ccccc32)cc1)C(=O)O. The topological polar surface area (TPSA) is 59.0 Å². The number of fused-ring (bicyclic) bond motifs is 1. The van der Waals surface area contributed by atoms with Crippen LogP contribution in [0.5, 0.6) is 5.75 Å². The lowest BCUT2D eigenvalue weighted by atomic mass is 9.91. The molecule has 156 valence electrons. The molecule has 5 nitrogen and oxygen atoms in total. The summed E-state index contributed by atoms with van der Waals surface area (Å²) < 4.78 is 11.5. The van der Waals surface area contributed by atoms with Crippen LogP contribution in [0.4, 0.5) is 5.69 Å². The van der Waals surface area contributed by atoms with Crippen molar-refractivity contribution in [2.24, 2.45) is 0 Å². The van der Waals surface area contributed by atoms with Gasteiger partial charge in [0.25, 0.3) is 0 Å². The second-order valence-electron chi connectivity index (χ2n) is 7.47. The summed E-state index contributed by atoms with van der Waals surface area (Å²) in [7, 11) is 0. The minimum atomic E-state index is -1.17. The van der Waals surface area contributed by atoms with Crippen LogP contribution in [0.3, 0.4) is 0 Å². The Hall–Kier alpha value is -2.53. The number of anilines is 1. The summed E-state index contributed by atoms with van der Waals surface area (Å²) in [6.07, 6.45) is 3.09. The molecule has 5 heteroatoms. The number of aryl methyl sites for hydroxylation is 1. The number of benzene rings is 2. The Kier molecular flexibility index (Phi) is 7.15. The molecule has 0 saturated heterocycles. The maximum absolute atomic E-state index is 11.7. The Labute approximate surface area is 173 Å². The summed E-state index contributed by atoms with van der Waals surface area (Å²) >= 11 is 0. The van der Waals surface area contributed by atoms with E-state index in [4.69, 9.17) is 9.47 Å². The van der Waals surface area contributed by atoms with Crippen LogP contribution >= 0.6 is 0 Å². The van der Waals surface area contributed by atoms with E-state index >= 15 is 0 Å². The first-order valence-corrected chi connectivity index (χ1v) is 10.5. The summed E-state index contributed by atoms with van der Waals surface area (Å²) in [4.78, 5) is 14.1. The zero-order valence-electron chi connectivity index (χ0n) is 17.4. The molecule has 1 heterocycles. The summed E-state index contributed by atoms with van der Waals surface area (Å²) in [6.45, 7) is 6.57. The number of carboxylic acids is 1. The third kappa shape index (κ3) is 5.10. The fraction of sp³-hybridized carbons (Fsp3) is 0.458. The lowest BCUT2D eigenvalue weighted by Gasteiger charge is -2.31. The molecule has 0 bridgehead atoms. The van der Waals surface area contributed by atoms with Gasteiger partial charge in [0.1, 0.15) is 12.4 Å². The fourth-order valence-electron chi connectivity index (χ4n) is 3.99. The number of ether oxygens (including phenoxy) is 2. The second kappa shape index (κ2) is 9.79. The molecular weight excluding hydrogens is 366 g/mol. The van der Waals surface area contributed by atoms with Gasteiger partial charge >= 0.3 is 5.97 Å². The first kappa shape index (κ1) is 21.2. The van der Waals surface area contributed by atoms with Gasteiger partial charge in [-0.25, -0.2) is 4.79 Å². The molecule has 0 saturated carbocycles. The van der Waals surface area contributed by atoms with Gasteiger partial charge < -0.3 is 19.5 Å². The molecule has 3 rings (SSSR count). The monoisotopic (exact) mass is 397 g/mol. The van der Waals surface area contributed by atoms with Crippen molar-refractivity contribution in [3.63, 3.8) is 0 Å². The largest absolute Gasteiger partial charge is 0.492 e. The highest BCUT2D eigenvalue weighted by atomic mass is 16.5. The van der Waals surface area contributed by atoms with Crippen LogP contribution in [0.1, 0.15) is 37.8 Å². The van der Waals surface area contributed by atoms with E-state index in [9.17, 15) is 9.90 Å². The summed E-state index contributed by atoms with van der Waals surface area (Å²) in [5, 5.41) is 9.63. The Bertz CT molecular complexity index is 805. The Balaban J connectivity index is 1.55. The van der Waals surface area contributed by atoms with Gasteiger partial charge in [0.05, 0.1) is 6.54 Å². The molecule has 0 aliphatic carbocycles. The lowest BCUT2D eigenvalue weighted by Crippen LogP contribution is -2.43. The molecule has 0 unspecified atom stereocenters. The third-order valence-electron chi connectivity index (χ3n) is 5.63. The summed E-state index contributed by atoms with van der Waals surface area (Å²) in [5.74, 6) is -0.114. The van der Waals surface area contributed by atoms with E-state index < -0.39 is 11.6 Å². The quantitative estimate of drug-likeness (QED) is 0.647. The molecule has 0 amide bonds. The number of para-hydroxylation sites is 1. The number of aliphatic carboxylic acids is 1. The van der Waals surface area contributed by atoms with Gasteiger partial charge in [-0.3, -0.25) is 0 Å². The predicted molar refractivity (Wildman–Crippen MR) is 115 cm³/mol. The number of hydrogen-bond acceptors (Lipinski definition) is 4. The molecule has 1 atom stereocenters. The second-order valence-corrected chi connectivity index (χ2v) is 7.47. The fourth-order valence-corrected chi connectivity index (χ4v) is 3.99. The maximum atomic E-state index is 11.7. The molecule has 1 N–H and O–H groups in total. The highest BCUT2D eigenvalue weighted by Gasteiger charge is 2.37. The number of hydrogen-bond donors (Lipinski definition) is 1. The Morgan fingerprint density at radius 3 is 2.59 bits per heavy atom. The minimum absolute atomic E-state index is 0.345. The van der Waals surface area contributed by atoms with Gasteiger partial charge in [-0.05, 0) is 55.5 Å². The van der Waals surface area contributed by atoms with Gasteiger partial charge in [0.2, 0.25) is 0 Å². The smallest absolute Gasteiger partial charge is 0.336 e. The zero-order valence-corrected chi connectivity index (χ0v) is 17.4. The molecule has 0 spiro atoms. The van der Waals surface area contributed by atoms with E-state index in [1.807, 2.05) is 38.1 Å². The molecule has 2 aromatic carbocycles. The van der Waals surface area contributed by atoms with Crippen LogP contribution in [0, 0.1) is 0 Å². The first-order valence-electron chi connectivity index (χ1n) is 10.5. The van der Waals surface area contributed by atoms with Crippen LogP contribution in [0.2, 0.25) is 0 Å². The van der Waals surface area contributed by atoms with Gasteiger partial charge in [0.15, 0.2) is 5.60 Å². The Morgan fingerprint density at radius 1 is 1.14 bits per heavy atom. The number of carboxylic acid groups (broad SMARTS) is 1. The molecule has 0 radical (unpaired) electrons. The van der Waals surface area contributed by atoms with Crippen LogP contribution in [-0.2, 0) is 22.4 Å². The third-order valence-corrected chi connectivity index (χ3v) is 5.63. The highest BCUT2D eigenvalue weighted by molar-refractivity contribution is 5.78. The van der Waals surface area contributed by atoms with Crippen molar-refractivity contribution in [1.29, 1.82) is 0 Å². The summed E-state index contributed by atoms with van der Waals surface area (Å²) in [5.41, 5.74) is 2.49. The molecular formula is C24H31NO4. The van der Waals surface area contributed by atoms with E-state index in [2.05, 4.69) is 29.2 Å². The number of carbonyl (C=O) groups is 1. The maximum Gasteiger partial charge on any atom is 0.336 e. The van der Waals surface area contributed by atoms with Gasteiger partial charge in [-0.2, -0.15) is 0 Å². The number of rotatable bonds is 10. The van der Waals surface area contributed by atoms with Gasteiger partial charge in [-0.1, -0.05) is 37.3 Å². The van der Waals surface area contributed by atoms with Crippen molar-refractivity contribution < 1.29 is 19.4 Å². The normalized spacial score (nSPS) is 15.4. The van der Waals surface area contributed by atoms with Crippen molar-refractivity contribution in [3.05, 3.63) is 59.7 Å². The first-order chi connectivity index (χ1) is 14.1. The van der Waals surface area contributed by atoms with Crippen molar-refractivity contribution in [1.82, 2.24) is 0 Å². The van der Waals surface area contributed by atoms with Crippen LogP contribution in [0.25, 0.3) is 0 Å². The molecule has 2 aromatic rings. The standard InChI is InChI=1S/C24H31NO4/c1-3-24(23(26)27,29-4-2)18-19-11-13-21(14-12-19)28-17-16-25-15-7-9-20-8-5-6-10-22(20)25/h5-6,8,10-14H,3-4,7,9,15-18H2,1-2H3,(H,26,27)/t24-/m1/s1. The molecule has 0 aromatic heterocycles. The van der Waals surface area contributed by atoms with Crippen molar-refractivity contribution in [2.75, 3.05) is 31.2 Å². The van der Waals surface area contributed by atoms with Crippen LogP contribution in [0.15, 0.2) is 48.5 Å². The summed E-state index contributed by atoms with van der Waals surface area (Å²) in [6, 6.07) is 16.3. The van der Waals surface area contributed by atoms with E-state index in [0.717, 1.165) is 30.8 Å². The molecule has 1 aliphatic rings.